The molecular weight excluding hydrogens is 426 g/mol. The minimum Gasteiger partial charge on any atom is -0.491 e. The van der Waals surface area contributed by atoms with Crippen LogP contribution in [0.25, 0.3) is 0 Å². The fourth-order valence-corrected chi connectivity index (χ4v) is 5.54. The summed E-state index contributed by atoms with van der Waals surface area (Å²) in [5.74, 6) is 3.48. The molecule has 1 aliphatic heterocycles. The topological polar surface area (TPSA) is 32.7 Å². The number of nitrogens with zero attached hydrogens (tertiary/aromatic N) is 1. The summed E-state index contributed by atoms with van der Waals surface area (Å²) in [6.45, 7) is 8.32. The van der Waals surface area contributed by atoms with E-state index in [9.17, 15) is 0 Å². The van der Waals surface area contributed by atoms with Crippen molar-refractivity contribution in [3.05, 3.63) is 28.2 Å². The summed E-state index contributed by atoms with van der Waals surface area (Å²) < 4.78 is 7.10. The predicted octanol–water partition coefficient (Wildman–Crippen LogP) is 6.07. The number of aliphatic hydroxyl groups excluding tert-OH is 1. The maximum Gasteiger partial charge on any atom is 0.120 e. The van der Waals surface area contributed by atoms with Crippen LogP contribution in [-0.4, -0.2) is 42.4 Å². The van der Waals surface area contributed by atoms with Crippen LogP contribution in [0.4, 0.5) is 0 Å². The van der Waals surface area contributed by atoms with E-state index in [2.05, 4.69) is 52.9 Å². The molecule has 4 heteroatoms. The Labute approximate surface area is 186 Å². The molecular formula is C25H40BrNO2. The van der Waals surface area contributed by atoms with E-state index in [1.165, 1.54) is 74.6 Å². The molecule has 1 aromatic carbocycles. The smallest absolute Gasteiger partial charge is 0.120 e. The van der Waals surface area contributed by atoms with Gasteiger partial charge in [-0.1, -0.05) is 41.6 Å². The Balaban J connectivity index is 1.38. The number of aliphatic hydroxyl groups is 1. The van der Waals surface area contributed by atoms with Crippen molar-refractivity contribution in [1.29, 1.82) is 0 Å². The van der Waals surface area contributed by atoms with Crippen LogP contribution in [0.5, 0.6) is 5.75 Å². The lowest BCUT2D eigenvalue weighted by Crippen LogP contribution is -2.36. The second-order valence-electron chi connectivity index (χ2n) is 9.60. The highest BCUT2D eigenvalue weighted by molar-refractivity contribution is 9.10. The standard InChI is InChI=1S/C25H40BrNO2/c1-19(2)29-24-7-8-25(26)23(18-24)17-22-10-14-27(15-11-22)13-9-20-3-5-21(6-4-20)12-16-28/h7-8,18-22,28H,3-6,9-17H2,1-2H3. The zero-order chi connectivity index (χ0) is 20.6. The van der Waals surface area contributed by atoms with Gasteiger partial charge in [0.1, 0.15) is 5.75 Å². The third-order valence-corrected chi connectivity index (χ3v) is 7.74. The second kappa shape index (κ2) is 11.7. The minimum absolute atomic E-state index is 0.219. The Bertz CT molecular complexity index is 605. The van der Waals surface area contributed by atoms with Crippen LogP contribution in [-0.2, 0) is 6.42 Å². The zero-order valence-electron chi connectivity index (χ0n) is 18.4. The lowest BCUT2D eigenvalue weighted by molar-refractivity contribution is 0.155. The molecule has 2 aliphatic rings. The maximum atomic E-state index is 9.12. The number of hydrogen-bond acceptors (Lipinski definition) is 3. The Morgan fingerprint density at radius 1 is 1.00 bits per heavy atom. The van der Waals surface area contributed by atoms with Gasteiger partial charge in [0.15, 0.2) is 0 Å². The lowest BCUT2D eigenvalue weighted by atomic mass is 9.79. The molecule has 0 spiro atoms. The molecule has 3 rings (SSSR count). The number of piperidine rings is 1. The van der Waals surface area contributed by atoms with Gasteiger partial charge in [-0.3, -0.25) is 0 Å². The monoisotopic (exact) mass is 465 g/mol. The van der Waals surface area contributed by atoms with Gasteiger partial charge in [0.05, 0.1) is 6.10 Å². The highest BCUT2D eigenvalue weighted by Gasteiger charge is 2.24. The molecule has 2 fully saturated rings. The van der Waals surface area contributed by atoms with Gasteiger partial charge in [-0.25, -0.2) is 0 Å². The van der Waals surface area contributed by atoms with Crippen molar-refractivity contribution >= 4 is 15.9 Å². The van der Waals surface area contributed by atoms with Crippen molar-refractivity contribution in [1.82, 2.24) is 4.90 Å². The fourth-order valence-electron chi connectivity index (χ4n) is 5.13. The van der Waals surface area contributed by atoms with Crippen LogP contribution in [0.1, 0.15) is 70.8 Å². The number of hydrogen-bond donors (Lipinski definition) is 1. The molecule has 1 heterocycles. The molecule has 0 atom stereocenters. The quantitative estimate of drug-likeness (QED) is 0.480. The Kier molecular flexibility index (Phi) is 9.33. The van der Waals surface area contributed by atoms with Gasteiger partial charge in [-0.2, -0.15) is 0 Å². The zero-order valence-corrected chi connectivity index (χ0v) is 20.0. The highest BCUT2D eigenvalue weighted by atomic mass is 79.9. The average molecular weight is 467 g/mol. The third-order valence-electron chi connectivity index (χ3n) is 6.96. The Morgan fingerprint density at radius 2 is 1.66 bits per heavy atom. The van der Waals surface area contributed by atoms with E-state index in [1.54, 1.807) is 0 Å². The summed E-state index contributed by atoms with van der Waals surface area (Å²) >= 11 is 3.74. The third kappa shape index (κ3) is 7.56. The van der Waals surface area contributed by atoms with Gasteiger partial charge in [-0.15, -0.1) is 0 Å². The van der Waals surface area contributed by atoms with Gasteiger partial charge in [0.25, 0.3) is 0 Å². The number of ether oxygens (including phenoxy) is 1. The Hall–Kier alpha value is -0.580. The normalized spacial score (nSPS) is 24.2. The van der Waals surface area contributed by atoms with Crippen molar-refractivity contribution in [3.8, 4) is 5.75 Å². The molecule has 0 aromatic heterocycles. The SMILES string of the molecule is CC(C)Oc1ccc(Br)c(CC2CCN(CCC3CCC(CCO)CC3)CC2)c1. The summed E-state index contributed by atoms with van der Waals surface area (Å²) in [7, 11) is 0. The fraction of sp³-hybridized carbons (Fsp3) is 0.760. The van der Waals surface area contributed by atoms with E-state index in [-0.39, 0.29) is 6.10 Å². The first-order chi connectivity index (χ1) is 14.0. The number of likely N-dealkylation sites (tertiary alicyclic amines) is 1. The highest BCUT2D eigenvalue weighted by Crippen LogP contribution is 2.33. The van der Waals surface area contributed by atoms with Crippen LogP contribution < -0.4 is 4.74 Å². The van der Waals surface area contributed by atoms with Crippen molar-refractivity contribution in [2.45, 2.75) is 77.7 Å². The molecule has 0 amide bonds. The summed E-state index contributed by atoms with van der Waals surface area (Å²) in [4.78, 5) is 2.70. The molecule has 3 nitrogen and oxygen atoms in total. The number of rotatable bonds is 9. The average Bonchev–Trinajstić information content (AvgIpc) is 2.71. The van der Waals surface area contributed by atoms with Crippen molar-refractivity contribution in [2.24, 2.45) is 17.8 Å². The van der Waals surface area contributed by atoms with Crippen molar-refractivity contribution in [2.75, 3.05) is 26.2 Å². The molecule has 0 radical (unpaired) electrons. The molecule has 0 unspecified atom stereocenters. The minimum atomic E-state index is 0.219. The molecule has 1 aromatic rings. The van der Waals surface area contributed by atoms with Crippen LogP contribution in [0.2, 0.25) is 0 Å². The molecule has 0 bridgehead atoms. The van der Waals surface area contributed by atoms with E-state index < -0.39 is 0 Å². The van der Waals surface area contributed by atoms with Crippen LogP contribution >= 0.6 is 15.9 Å². The van der Waals surface area contributed by atoms with Crippen LogP contribution in [0, 0.1) is 17.8 Å². The molecule has 1 saturated heterocycles. The van der Waals surface area contributed by atoms with Crippen molar-refractivity contribution < 1.29 is 9.84 Å². The second-order valence-corrected chi connectivity index (χ2v) is 10.5. The van der Waals surface area contributed by atoms with Gasteiger partial charge < -0.3 is 14.7 Å². The molecule has 164 valence electrons. The first kappa shape index (κ1) is 23.1. The number of halogens is 1. The largest absolute Gasteiger partial charge is 0.491 e. The summed E-state index contributed by atoms with van der Waals surface area (Å²) in [6, 6.07) is 6.43. The molecule has 1 aliphatic carbocycles. The molecule has 1 N–H and O–H groups in total. The van der Waals surface area contributed by atoms with E-state index in [1.807, 2.05) is 0 Å². The predicted molar refractivity (Wildman–Crippen MR) is 125 cm³/mol. The summed E-state index contributed by atoms with van der Waals surface area (Å²) in [5, 5.41) is 9.12. The van der Waals surface area contributed by atoms with Gasteiger partial charge in [-0.05, 0) is 107 Å². The number of benzene rings is 1. The van der Waals surface area contributed by atoms with Gasteiger partial charge >= 0.3 is 0 Å². The summed E-state index contributed by atoms with van der Waals surface area (Å²) in [6.07, 6.45) is 11.8. The van der Waals surface area contributed by atoms with Crippen LogP contribution in [0.3, 0.4) is 0 Å². The first-order valence-corrected chi connectivity index (χ1v) is 12.6. The maximum absolute atomic E-state index is 9.12. The van der Waals surface area contributed by atoms with E-state index in [4.69, 9.17) is 9.84 Å². The van der Waals surface area contributed by atoms with Gasteiger partial charge in [0, 0.05) is 11.1 Å². The first-order valence-electron chi connectivity index (χ1n) is 11.8. The van der Waals surface area contributed by atoms with E-state index >= 15 is 0 Å². The van der Waals surface area contributed by atoms with Gasteiger partial charge in [0.2, 0.25) is 0 Å². The van der Waals surface area contributed by atoms with E-state index in [0.29, 0.717) is 6.61 Å². The van der Waals surface area contributed by atoms with Crippen molar-refractivity contribution in [3.63, 3.8) is 0 Å². The van der Waals surface area contributed by atoms with Crippen LogP contribution in [0.15, 0.2) is 22.7 Å². The molecule has 1 saturated carbocycles. The Morgan fingerprint density at radius 3 is 2.28 bits per heavy atom. The lowest BCUT2D eigenvalue weighted by Gasteiger charge is -2.34. The summed E-state index contributed by atoms with van der Waals surface area (Å²) in [5.41, 5.74) is 1.39. The van der Waals surface area contributed by atoms with E-state index in [0.717, 1.165) is 36.3 Å². The molecule has 29 heavy (non-hydrogen) atoms.